The van der Waals surface area contributed by atoms with E-state index in [1.54, 1.807) is 19.9 Å². The average Bonchev–Trinajstić information content (AvgIpc) is 2.92. The molecule has 1 aromatic carbocycles. The van der Waals surface area contributed by atoms with Gasteiger partial charge in [0.15, 0.2) is 5.96 Å². The molecular weight excluding hydrogens is 467 g/mol. The van der Waals surface area contributed by atoms with E-state index in [1.165, 1.54) is 0 Å². The first-order valence-electron chi connectivity index (χ1n) is 8.49. The van der Waals surface area contributed by atoms with E-state index in [9.17, 15) is 13.9 Å². The maximum absolute atomic E-state index is 13.7. The van der Waals surface area contributed by atoms with E-state index in [4.69, 9.17) is 4.42 Å². The molecule has 1 unspecified atom stereocenters. The van der Waals surface area contributed by atoms with Crippen molar-refractivity contribution in [3.05, 3.63) is 58.5 Å². The van der Waals surface area contributed by atoms with Crippen LogP contribution in [0.15, 0.2) is 33.7 Å². The minimum absolute atomic E-state index is 0. The Kier molecular flexibility index (Phi) is 8.67. The molecule has 2 aromatic rings. The number of aliphatic hydroxyl groups is 1. The average molecular weight is 493 g/mol. The Morgan fingerprint density at radius 1 is 1.22 bits per heavy atom. The molecule has 0 saturated heterocycles. The number of guanidine groups is 1. The molecule has 27 heavy (non-hydrogen) atoms. The van der Waals surface area contributed by atoms with Crippen molar-refractivity contribution in [1.29, 1.82) is 0 Å². The molecule has 8 heteroatoms. The predicted octanol–water partition coefficient (Wildman–Crippen LogP) is 3.76. The molecular formula is C19H26F2IN3O2. The van der Waals surface area contributed by atoms with Gasteiger partial charge >= 0.3 is 0 Å². The lowest BCUT2D eigenvalue weighted by molar-refractivity contribution is 0.0601. The van der Waals surface area contributed by atoms with Crippen molar-refractivity contribution in [2.75, 3.05) is 13.1 Å². The van der Waals surface area contributed by atoms with E-state index in [0.717, 1.165) is 24.0 Å². The quantitative estimate of drug-likeness (QED) is 0.326. The summed E-state index contributed by atoms with van der Waals surface area (Å²) in [6.07, 6.45) is 0. The van der Waals surface area contributed by atoms with Gasteiger partial charge in [-0.1, -0.05) is 0 Å². The summed E-state index contributed by atoms with van der Waals surface area (Å²) in [5.74, 6) is 0.748. The molecule has 0 aliphatic carbocycles. The van der Waals surface area contributed by atoms with Crippen molar-refractivity contribution in [3.8, 4) is 0 Å². The molecule has 0 radical (unpaired) electrons. The molecule has 2 rings (SSSR count). The third-order valence-corrected chi connectivity index (χ3v) is 3.98. The highest BCUT2D eigenvalue weighted by molar-refractivity contribution is 14.0. The Morgan fingerprint density at radius 2 is 1.93 bits per heavy atom. The number of benzene rings is 1. The van der Waals surface area contributed by atoms with E-state index < -0.39 is 17.2 Å². The van der Waals surface area contributed by atoms with Crippen molar-refractivity contribution in [2.45, 2.75) is 39.8 Å². The smallest absolute Gasteiger partial charge is 0.191 e. The molecule has 0 spiro atoms. The first kappa shape index (κ1) is 23.4. The lowest BCUT2D eigenvalue weighted by Gasteiger charge is -2.24. The molecule has 150 valence electrons. The zero-order chi connectivity index (χ0) is 19.3. The maximum atomic E-state index is 13.7. The van der Waals surface area contributed by atoms with Crippen molar-refractivity contribution in [1.82, 2.24) is 10.6 Å². The van der Waals surface area contributed by atoms with Crippen LogP contribution in [-0.4, -0.2) is 24.2 Å². The fourth-order valence-electron chi connectivity index (χ4n) is 2.69. The van der Waals surface area contributed by atoms with Gasteiger partial charge in [0, 0.05) is 17.7 Å². The van der Waals surface area contributed by atoms with Crippen LogP contribution >= 0.6 is 24.0 Å². The van der Waals surface area contributed by atoms with Crippen LogP contribution in [0.25, 0.3) is 0 Å². The van der Waals surface area contributed by atoms with E-state index in [1.807, 2.05) is 13.8 Å². The second-order valence-electron chi connectivity index (χ2n) is 6.39. The molecule has 1 heterocycles. The molecule has 0 bridgehead atoms. The van der Waals surface area contributed by atoms with Gasteiger partial charge in [0.1, 0.15) is 28.8 Å². The molecule has 0 amide bonds. The molecule has 5 nitrogen and oxygen atoms in total. The summed E-state index contributed by atoms with van der Waals surface area (Å²) in [6, 6.07) is 5.06. The zero-order valence-electron chi connectivity index (χ0n) is 15.9. The van der Waals surface area contributed by atoms with Crippen LogP contribution in [0, 0.1) is 25.5 Å². The second kappa shape index (κ2) is 10.0. The summed E-state index contributed by atoms with van der Waals surface area (Å²) in [5.41, 5.74) is -0.327. The van der Waals surface area contributed by atoms with E-state index in [2.05, 4.69) is 15.6 Å². The van der Waals surface area contributed by atoms with Gasteiger partial charge in [-0.15, -0.1) is 24.0 Å². The molecule has 1 aromatic heterocycles. The topological polar surface area (TPSA) is 69.8 Å². The van der Waals surface area contributed by atoms with Gasteiger partial charge in [0.05, 0.1) is 13.1 Å². The lowest BCUT2D eigenvalue weighted by Crippen LogP contribution is -2.44. The Bertz CT molecular complexity index is 791. The Labute approximate surface area is 175 Å². The van der Waals surface area contributed by atoms with Crippen molar-refractivity contribution < 1.29 is 18.3 Å². The van der Waals surface area contributed by atoms with Crippen LogP contribution < -0.4 is 10.6 Å². The number of halogens is 3. The number of nitrogens with one attached hydrogen (secondary N) is 2. The van der Waals surface area contributed by atoms with Gasteiger partial charge in [0.2, 0.25) is 0 Å². The standard InChI is InChI=1S/C19H25F2N3O2.HI/c1-5-22-18(23-10-14-9-15(20)6-7-17(14)21)24-11-19(4,25)16-8-12(2)26-13(16)3;/h6-9,25H,5,10-11H2,1-4H3,(H2,22,23,24);1H. The van der Waals surface area contributed by atoms with Crippen LogP contribution in [0.5, 0.6) is 0 Å². The van der Waals surface area contributed by atoms with Gasteiger partial charge in [-0.25, -0.2) is 13.8 Å². The van der Waals surface area contributed by atoms with E-state index in [0.29, 0.717) is 23.8 Å². The zero-order valence-corrected chi connectivity index (χ0v) is 18.2. The van der Waals surface area contributed by atoms with E-state index in [-0.39, 0.29) is 42.6 Å². The summed E-state index contributed by atoms with van der Waals surface area (Å²) < 4.78 is 32.5. The minimum atomic E-state index is -1.18. The number of aryl methyl sites for hydroxylation is 2. The third-order valence-electron chi connectivity index (χ3n) is 3.98. The largest absolute Gasteiger partial charge is 0.466 e. The molecule has 0 aliphatic rings. The second-order valence-corrected chi connectivity index (χ2v) is 6.39. The predicted molar refractivity (Wildman–Crippen MR) is 112 cm³/mol. The first-order chi connectivity index (χ1) is 12.2. The number of nitrogens with zero attached hydrogens (tertiary/aromatic N) is 1. The van der Waals surface area contributed by atoms with Crippen LogP contribution in [0.2, 0.25) is 0 Å². The summed E-state index contributed by atoms with van der Waals surface area (Å²) in [5, 5.41) is 16.8. The Balaban J connectivity index is 0.00000364. The number of hydrogen-bond donors (Lipinski definition) is 3. The Morgan fingerprint density at radius 3 is 2.52 bits per heavy atom. The number of rotatable bonds is 6. The summed E-state index contributed by atoms with van der Waals surface area (Å²) in [4.78, 5) is 4.26. The fourth-order valence-corrected chi connectivity index (χ4v) is 2.69. The Hall–Kier alpha value is -1.68. The maximum Gasteiger partial charge on any atom is 0.191 e. The number of hydrogen-bond acceptors (Lipinski definition) is 3. The highest BCUT2D eigenvalue weighted by Crippen LogP contribution is 2.26. The monoisotopic (exact) mass is 493 g/mol. The van der Waals surface area contributed by atoms with Crippen molar-refractivity contribution in [3.63, 3.8) is 0 Å². The fraction of sp³-hybridized carbons (Fsp3) is 0.421. The van der Waals surface area contributed by atoms with Gasteiger partial charge < -0.3 is 20.2 Å². The SMILES string of the molecule is CCNC(=NCc1cc(F)ccc1F)NCC(C)(O)c1cc(C)oc1C.I. The van der Waals surface area contributed by atoms with Crippen molar-refractivity contribution >= 4 is 29.9 Å². The molecule has 0 fully saturated rings. The van der Waals surface area contributed by atoms with Crippen LogP contribution in [0.3, 0.4) is 0 Å². The van der Waals surface area contributed by atoms with Gasteiger partial charge in [-0.05, 0) is 52.0 Å². The van der Waals surface area contributed by atoms with Crippen LogP contribution in [-0.2, 0) is 12.1 Å². The first-order valence-corrected chi connectivity index (χ1v) is 8.49. The summed E-state index contributed by atoms with van der Waals surface area (Å²) >= 11 is 0. The highest BCUT2D eigenvalue weighted by atomic mass is 127. The van der Waals surface area contributed by atoms with Crippen LogP contribution in [0.1, 0.15) is 36.5 Å². The van der Waals surface area contributed by atoms with Gasteiger partial charge in [-0.2, -0.15) is 0 Å². The normalized spacial score (nSPS) is 13.7. The number of aliphatic imine (C=N–C) groups is 1. The van der Waals surface area contributed by atoms with Gasteiger partial charge in [-0.3, -0.25) is 0 Å². The minimum Gasteiger partial charge on any atom is -0.466 e. The lowest BCUT2D eigenvalue weighted by atomic mass is 9.96. The van der Waals surface area contributed by atoms with E-state index >= 15 is 0 Å². The molecule has 0 aliphatic heterocycles. The molecule has 3 N–H and O–H groups in total. The summed E-state index contributed by atoms with van der Waals surface area (Å²) in [6.45, 7) is 7.91. The van der Waals surface area contributed by atoms with Crippen molar-refractivity contribution in [2.24, 2.45) is 4.99 Å². The highest BCUT2D eigenvalue weighted by Gasteiger charge is 2.27. The number of furan rings is 1. The molecule has 0 saturated carbocycles. The third kappa shape index (κ3) is 6.46. The summed E-state index contributed by atoms with van der Waals surface area (Å²) in [7, 11) is 0. The molecule has 1 atom stereocenters. The van der Waals surface area contributed by atoms with Gasteiger partial charge in [0.25, 0.3) is 0 Å². The van der Waals surface area contributed by atoms with Crippen LogP contribution in [0.4, 0.5) is 8.78 Å².